The first-order valence-electron chi connectivity index (χ1n) is 24.0. The van der Waals surface area contributed by atoms with E-state index in [-0.39, 0.29) is 50.4 Å². The fourth-order valence-electron chi connectivity index (χ4n) is 5.46. The van der Waals surface area contributed by atoms with Crippen LogP contribution in [0.25, 0.3) is 0 Å². The van der Waals surface area contributed by atoms with Crippen molar-refractivity contribution in [3.63, 3.8) is 0 Å². The third kappa shape index (κ3) is 47.6. The summed E-state index contributed by atoms with van der Waals surface area (Å²) in [6.07, 6.45) is 75.8. The van der Waals surface area contributed by atoms with Gasteiger partial charge >= 0.3 is 17.9 Å². The normalized spacial score (nSPS) is 13.7. The van der Waals surface area contributed by atoms with Crippen LogP contribution in [0.4, 0.5) is 0 Å². The number of ether oxygens (including phenoxy) is 3. The molecule has 0 fully saturated rings. The molecule has 1 unspecified atom stereocenters. The fraction of sp³-hybridized carbons (Fsp3) is 0.431. The third-order valence-electron chi connectivity index (χ3n) is 8.96. The smallest absolute Gasteiger partial charge is 0.306 e. The van der Waals surface area contributed by atoms with E-state index in [2.05, 4.69) is 81.5 Å². The molecule has 0 saturated carbocycles. The summed E-state index contributed by atoms with van der Waals surface area (Å²) in [6, 6.07) is 0. The van der Waals surface area contributed by atoms with Gasteiger partial charge in [-0.1, -0.05) is 216 Å². The van der Waals surface area contributed by atoms with Gasteiger partial charge in [-0.15, -0.1) is 0 Å². The van der Waals surface area contributed by atoms with Crippen LogP contribution in [0.15, 0.2) is 182 Å². The third-order valence-corrected chi connectivity index (χ3v) is 8.96. The average Bonchev–Trinajstić information content (AvgIpc) is 3.29. The lowest BCUT2D eigenvalue weighted by Crippen LogP contribution is -2.30. The van der Waals surface area contributed by atoms with Crippen LogP contribution in [0, 0.1) is 0 Å². The largest absolute Gasteiger partial charge is 0.462 e. The quantitative estimate of drug-likeness (QED) is 0.0201. The predicted molar refractivity (Wildman–Crippen MR) is 274 cm³/mol. The van der Waals surface area contributed by atoms with Crippen molar-refractivity contribution in [1.82, 2.24) is 0 Å². The Morgan fingerprint density at radius 2 is 0.641 bits per heavy atom. The van der Waals surface area contributed by atoms with E-state index in [1.807, 2.05) is 122 Å². The van der Waals surface area contributed by atoms with Crippen LogP contribution in [-0.2, 0) is 28.6 Å². The summed E-state index contributed by atoms with van der Waals surface area (Å²) in [5, 5.41) is 0. The van der Waals surface area contributed by atoms with Gasteiger partial charge in [0, 0.05) is 19.3 Å². The van der Waals surface area contributed by atoms with Crippen LogP contribution < -0.4 is 0 Å². The van der Waals surface area contributed by atoms with E-state index < -0.39 is 6.10 Å². The number of hydrogen-bond acceptors (Lipinski definition) is 6. The Balaban J connectivity index is 4.67. The van der Waals surface area contributed by atoms with Crippen molar-refractivity contribution in [2.24, 2.45) is 0 Å². The molecule has 0 aromatic heterocycles. The molecule has 64 heavy (non-hydrogen) atoms. The van der Waals surface area contributed by atoms with E-state index in [9.17, 15) is 14.4 Å². The molecule has 0 aliphatic rings. The van der Waals surface area contributed by atoms with Gasteiger partial charge in [-0.2, -0.15) is 0 Å². The maximum atomic E-state index is 12.8. The lowest BCUT2D eigenvalue weighted by molar-refractivity contribution is -0.167. The predicted octanol–water partition coefficient (Wildman–Crippen LogP) is 15.8. The van der Waals surface area contributed by atoms with Gasteiger partial charge in [-0.05, 0) is 89.9 Å². The standard InChI is InChI=1S/C58H82O6/c1-4-7-10-13-16-19-22-25-27-28-29-30-32-33-36-39-42-45-48-51-57(60)63-54-55(53-62-56(59)50-47-44-41-38-35-24-21-18-15-12-9-6-3)64-58(61)52-49-46-43-40-37-34-31-26-23-20-17-14-11-8-5-2/h7-14,16-23,25-38,55H,4-6,15,24,39-54H2,1-3H3/b10-7-,11-8-,12-9-,16-13-,17-14-,21-18-,22-19-,23-20-,27-25-,29-28+,31-26-,32-30-,36-33-,37-34-,38-35-. The summed E-state index contributed by atoms with van der Waals surface area (Å²) in [5.74, 6) is -1.09. The van der Waals surface area contributed by atoms with E-state index in [0.717, 1.165) is 83.5 Å². The van der Waals surface area contributed by atoms with Gasteiger partial charge in [-0.3, -0.25) is 14.4 Å². The highest BCUT2D eigenvalue weighted by atomic mass is 16.6. The number of carbonyl (C=O) groups is 3. The number of allylic oxidation sites excluding steroid dienone is 30. The molecule has 0 saturated heterocycles. The van der Waals surface area contributed by atoms with E-state index in [0.29, 0.717) is 19.3 Å². The minimum Gasteiger partial charge on any atom is -0.462 e. The molecule has 0 aliphatic heterocycles. The lowest BCUT2D eigenvalue weighted by Gasteiger charge is -2.18. The van der Waals surface area contributed by atoms with E-state index in [1.54, 1.807) is 0 Å². The number of hydrogen-bond donors (Lipinski definition) is 0. The topological polar surface area (TPSA) is 78.9 Å². The molecule has 1 atom stereocenters. The van der Waals surface area contributed by atoms with E-state index in [4.69, 9.17) is 14.2 Å². The molecular weight excluding hydrogens is 793 g/mol. The van der Waals surface area contributed by atoms with Crippen LogP contribution in [0.5, 0.6) is 0 Å². The Hall–Kier alpha value is -5.49. The first-order chi connectivity index (χ1) is 31.5. The van der Waals surface area contributed by atoms with Gasteiger partial charge in [0.2, 0.25) is 0 Å². The van der Waals surface area contributed by atoms with E-state index in [1.165, 1.54) is 0 Å². The van der Waals surface area contributed by atoms with Crippen molar-refractivity contribution in [3.05, 3.63) is 182 Å². The van der Waals surface area contributed by atoms with Gasteiger partial charge < -0.3 is 14.2 Å². The molecule has 0 aromatic rings. The maximum Gasteiger partial charge on any atom is 0.306 e. The first kappa shape index (κ1) is 58.5. The second-order valence-corrected chi connectivity index (χ2v) is 14.8. The molecule has 0 spiro atoms. The Kier molecular flexibility index (Phi) is 45.9. The van der Waals surface area contributed by atoms with Crippen LogP contribution >= 0.6 is 0 Å². The second-order valence-electron chi connectivity index (χ2n) is 14.8. The Morgan fingerprint density at radius 3 is 1.06 bits per heavy atom. The van der Waals surface area contributed by atoms with Crippen molar-refractivity contribution in [3.8, 4) is 0 Å². The van der Waals surface area contributed by atoms with Gasteiger partial charge in [0.25, 0.3) is 0 Å². The van der Waals surface area contributed by atoms with Gasteiger partial charge in [0.15, 0.2) is 6.10 Å². The monoisotopic (exact) mass is 875 g/mol. The van der Waals surface area contributed by atoms with Crippen LogP contribution in [0.3, 0.4) is 0 Å². The van der Waals surface area contributed by atoms with Crippen molar-refractivity contribution in [2.75, 3.05) is 13.2 Å². The minimum atomic E-state index is -0.845. The summed E-state index contributed by atoms with van der Waals surface area (Å²) >= 11 is 0. The van der Waals surface area contributed by atoms with Crippen molar-refractivity contribution < 1.29 is 28.6 Å². The minimum absolute atomic E-state index is 0.142. The Morgan fingerprint density at radius 1 is 0.328 bits per heavy atom. The molecule has 0 aliphatic carbocycles. The zero-order valence-electron chi connectivity index (χ0n) is 39.7. The maximum absolute atomic E-state index is 12.8. The molecule has 0 heterocycles. The zero-order valence-corrected chi connectivity index (χ0v) is 39.7. The summed E-state index contributed by atoms with van der Waals surface area (Å²) in [7, 11) is 0. The molecule has 6 nitrogen and oxygen atoms in total. The molecule has 0 aromatic carbocycles. The molecule has 0 radical (unpaired) electrons. The second kappa shape index (κ2) is 50.2. The van der Waals surface area contributed by atoms with Gasteiger partial charge in [-0.25, -0.2) is 0 Å². The fourth-order valence-corrected chi connectivity index (χ4v) is 5.46. The van der Waals surface area contributed by atoms with Crippen LogP contribution in [-0.4, -0.2) is 37.2 Å². The highest BCUT2D eigenvalue weighted by Crippen LogP contribution is 2.10. The summed E-state index contributed by atoms with van der Waals surface area (Å²) in [5.41, 5.74) is 0. The summed E-state index contributed by atoms with van der Waals surface area (Å²) in [4.78, 5) is 37.9. The van der Waals surface area contributed by atoms with E-state index >= 15 is 0 Å². The highest BCUT2D eigenvalue weighted by Gasteiger charge is 2.19. The molecule has 0 amide bonds. The van der Waals surface area contributed by atoms with Crippen molar-refractivity contribution in [1.29, 1.82) is 0 Å². The molecule has 350 valence electrons. The molecule has 6 heteroatoms. The average molecular weight is 875 g/mol. The zero-order chi connectivity index (χ0) is 46.5. The van der Waals surface area contributed by atoms with Crippen LogP contribution in [0.2, 0.25) is 0 Å². The van der Waals surface area contributed by atoms with Crippen LogP contribution in [0.1, 0.15) is 143 Å². The first-order valence-corrected chi connectivity index (χ1v) is 24.0. The number of rotatable bonds is 39. The Bertz CT molecular complexity index is 1610. The molecule has 0 N–H and O–H groups in total. The molecule has 0 rings (SSSR count). The SMILES string of the molecule is CC\C=C/C=C\C=C/C=C\C=C/CCCCCC(=O)OC(COC(=O)CCCC/C=C\C/C=C\C/C=C\CC)COC(=O)CCCCC\C=C/C=C\C=C\C=C/C=C\C=C/C=C\CC. The number of esters is 3. The van der Waals surface area contributed by atoms with Gasteiger partial charge in [0.05, 0.1) is 0 Å². The summed E-state index contributed by atoms with van der Waals surface area (Å²) < 4.78 is 16.6. The number of unbranched alkanes of at least 4 members (excludes halogenated alkanes) is 8. The van der Waals surface area contributed by atoms with Gasteiger partial charge in [0.1, 0.15) is 13.2 Å². The number of carbonyl (C=O) groups excluding carboxylic acids is 3. The highest BCUT2D eigenvalue weighted by molar-refractivity contribution is 5.71. The van der Waals surface area contributed by atoms with Crippen molar-refractivity contribution in [2.45, 2.75) is 149 Å². The lowest BCUT2D eigenvalue weighted by atomic mass is 10.1. The molecule has 0 bridgehead atoms. The summed E-state index contributed by atoms with van der Waals surface area (Å²) in [6.45, 7) is 6.07. The molecular formula is C58H82O6. The Labute approximate surface area is 389 Å². The van der Waals surface area contributed by atoms with Crippen molar-refractivity contribution >= 4 is 17.9 Å².